The Kier molecular flexibility index (Phi) is 2.68. The Balaban J connectivity index is 1.91. The molecule has 0 unspecified atom stereocenters. The Morgan fingerprint density at radius 3 is 2.38 bits per heavy atom. The van der Waals surface area contributed by atoms with E-state index < -0.39 is 0 Å². The molecule has 0 saturated heterocycles. The molecular weight excluding hydrogens is 258 g/mol. The van der Waals surface area contributed by atoms with E-state index >= 15 is 0 Å². The van der Waals surface area contributed by atoms with Gasteiger partial charge in [0.15, 0.2) is 0 Å². The highest BCUT2D eigenvalue weighted by Gasteiger charge is 2.12. The highest BCUT2D eigenvalue weighted by atomic mass is 16.3. The van der Waals surface area contributed by atoms with Gasteiger partial charge in [0, 0.05) is 22.7 Å². The van der Waals surface area contributed by atoms with Crippen LogP contribution in [0.25, 0.3) is 21.8 Å². The molecule has 21 heavy (non-hydrogen) atoms. The van der Waals surface area contributed by atoms with E-state index in [0.717, 1.165) is 33.8 Å². The summed E-state index contributed by atoms with van der Waals surface area (Å²) in [6.45, 7) is 0. The third-order valence-corrected chi connectivity index (χ3v) is 3.96. The van der Waals surface area contributed by atoms with Crippen LogP contribution in [0.3, 0.4) is 0 Å². The van der Waals surface area contributed by atoms with Crippen molar-refractivity contribution in [3.8, 4) is 5.75 Å². The van der Waals surface area contributed by atoms with E-state index in [0.29, 0.717) is 5.75 Å². The fraction of sp³-hybridized carbons (Fsp3) is 0.0526. The van der Waals surface area contributed by atoms with Crippen LogP contribution in [0.5, 0.6) is 5.75 Å². The normalized spacial score (nSPS) is 11.2. The lowest BCUT2D eigenvalue weighted by Crippen LogP contribution is -1.88. The highest BCUT2D eigenvalue weighted by molar-refractivity contribution is 6.10. The summed E-state index contributed by atoms with van der Waals surface area (Å²) in [4.78, 5) is 3.35. The standard InChI is InChI=1S/C19H15NO/c21-19-14(12-13-6-2-1-3-7-13)10-11-17-18(19)15-8-4-5-9-16(15)20-17/h1-11,20-21H,12H2. The summed E-state index contributed by atoms with van der Waals surface area (Å²) < 4.78 is 0. The summed E-state index contributed by atoms with van der Waals surface area (Å²) in [5.41, 5.74) is 4.19. The van der Waals surface area contributed by atoms with E-state index in [9.17, 15) is 5.11 Å². The van der Waals surface area contributed by atoms with Gasteiger partial charge >= 0.3 is 0 Å². The number of para-hydroxylation sites is 1. The average molecular weight is 273 g/mol. The molecule has 0 atom stereocenters. The van der Waals surface area contributed by atoms with Gasteiger partial charge in [0.05, 0.1) is 5.52 Å². The zero-order valence-electron chi connectivity index (χ0n) is 11.5. The third kappa shape index (κ3) is 1.96. The number of rotatable bonds is 2. The second-order valence-electron chi connectivity index (χ2n) is 5.33. The molecule has 0 amide bonds. The van der Waals surface area contributed by atoms with Crippen LogP contribution in [0.1, 0.15) is 11.1 Å². The second-order valence-corrected chi connectivity index (χ2v) is 5.33. The van der Waals surface area contributed by atoms with E-state index in [1.54, 1.807) is 0 Å². The second kappa shape index (κ2) is 4.67. The summed E-state index contributed by atoms with van der Waals surface area (Å²) in [7, 11) is 0. The molecule has 0 aliphatic carbocycles. The van der Waals surface area contributed by atoms with Gasteiger partial charge in [-0.15, -0.1) is 0 Å². The fourth-order valence-electron chi connectivity index (χ4n) is 2.92. The first-order valence-corrected chi connectivity index (χ1v) is 7.08. The maximum absolute atomic E-state index is 10.7. The number of phenolic OH excluding ortho intramolecular Hbond substituents is 1. The number of aromatic nitrogens is 1. The van der Waals surface area contributed by atoms with Gasteiger partial charge in [0.1, 0.15) is 5.75 Å². The van der Waals surface area contributed by atoms with Gasteiger partial charge in [-0.1, -0.05) is 54.6 Å². The lowest BCUT2D eigenvalue weighted by Gasteiger charge is -2.06. The van der Waals surface area contributed by atoms with Gasteiger partial charge in [-0.05, 0) is 23.3 Å². The largest absolute Gasteiger partial charge is 0.507 e. The molecule has 3 aromatic carbocycles. The maximum Gasteiger partial charge on any atom is 0.129 e. The van der Waals surface area contributed by atoms with Crippen molar-refractivity contribution in [2.24, 2.45) is 0 Å². The minimum Gasteiger partial charge on any atom is -0.507 e. The fourth-order valence-corrected chi connectivity index (χ4v) is 2.92. The molecule has 2 N–H and O–H groups in total. The minimum absolute atomic E-state index is 0.383. The van der Waals surface area contributed by atoms with Crippen molar-refractivity contribution >= 4 is 21.8 Å². The van der Waals surface area contributed by atoms with E-state index in [-0.39, 0.29) is 0 Å². The average Bonchev–Trinajstić information content (AvgIpc) is 2.90. The number of aromatic amines is 1. The van der Waals surface area contributed by atoms with Gasteiger partial charge in [0.25, 0.3) is 0 Å². The molecule has 2 nitrogen and oxygen atoms in total. The van der Waals surface area contributed by atoms with Crippen molar-refractivity contribution in [1.29, 1.82) is 0 Å². The molecule has 4 rings (SSSR count). The minimum atomic E-state index is 0.383. The van der Waals surface area contributed by atoms with E-state index in [2.05, 4.69) is 17.1 Å². The summed E-state index contributed by atoms with van der Waals surface area (Å²) in [5, 5.41) is 12.7. The van der Waals surface area contributed by atoms with Crippen LogP contribution in [-0.4, -0.2) is 10.1 Å². The quantitative estimate of drug-likeness (QED) is 0.549. The summed E-state index contributed by atoms with van der Waals surface area (Å²) in [5.74, 6) is 0.383. The van der Waals surface area contributed by atoms with Crippen LogP contribution < -0.4 is 0 Å². The van der Waals surface area contributed by atoms with Gasteiger partial charge in [-0.25, -0.2) is 0 Å². The molecule has 0 saturated carbocycles. The van der Waals surface area contributed by atoms with Crippen LogP contribution in [0.4, 0.5) is 0 Å². The predicted octanol–water partition coefficient (Wildman–Crippen LogP) is 4.62. The molecule has 4 aromatic rings. The van der Waals surface area contributed by atoms with Crippen molar-refractivity contribution in [2.45, 2.75) is 6.42 Å². The van der Waals surface area contributed by atoms with Gasteiger partial charge in [-0.3, -0.25) is 0 Å². The Morgan fingerprint density at radius 2 is 1.52 bits per heavy atom. The number of nitrogens with one attached hydrogen (secondary N) is 1. The van der Waals surface area contributed by atoms with Crippen molar-refractivity contribution in [3.05, 3.63) is 77.9 Å². The number of fused-ring (bicyclic) bond motifs is 3. The van der Waals surface area contributed by atoms with Crippen LogP contribution in [-0.2, 0) is 6.42 Å². The highest BCUT2D eigenvalue weighted by Crippen LogP contribution is 2.35. The lowest BCUT2D eigenvalue weighted by atomic mass is 10.0. The van der Waals surface area contributed by atoms with Crippen LogP contribution >= 0.6 is 0 Å². The third-order valence-electron chi connectivity index (χ3n) is 3.96. The Bertz CT molecular complexity index is 922. The molecule has 1 heterocycles. The number of phenols is 1. The number of hydrogen-bond donors (Lipinski definition) is 2. The molecule has 0 fully saturated rings. The molecule has 2 heteroatoms. The monoisotopic (exact) mass is 273 g/mol. The zero-order chi connectivity index (χ0) is 14.2. The van der Waals surface area contributed by atoms with Crippen molar-refractivity contribution in [2.75, 3.05) is 0 Å². The molecule has 0 bridgehead atoms. The molecule has 0 aliphatic heterocycles. The number of hydrogen-bond acceptors (Lipinski definition) is 1. The SMILES string of the molecule is Oc1c(Cc2ccccc2)ccc2[nH]c3ccccc3c12. The molecule has 0 radical (unpaired) electrons. The number of aromatic hydroxyl groups is 1. The Morgan fingerprint density at radius 1 is 0.762 bits per heavy atom. The topological polar surface area (TPSA) is 36.0 Å². The zero-order valence-corrected chi connectivity index (χ0v) is 11.5. The Labute approximate surface area is 122 Å². The van der Waals surface area contributed by atoms with Gasteiger partial charge < -0.3 is 10.1 Å². The number of benzene rings is 3. The van der Waals surface area contributed by atoms with Crippen molar-refractivity contribution in [1.82, 2.24) is 4.98 Å². The Hall–Kier alpha value is -2.74. The molecular formula is C19H15NO. The maximum atomic E-state index is 10.7. The first-order chi connectivity index (χ1) is 10.3. The smallest absolute Gasteiger partial charge is 0.129 e. The number of H-pyrrole nitrogens is 1. The first kappa shape index (κ1) is 12.0. The predicted molar refractivity (Wildman–Crippen MR) is 86.7 cm³/mol. The summed E-state index contributed by atoms with van der Waals surface area (Å²) >= 11 is 0. The summed E-state index contributed by atoms with van der Waals surface area (Å²) in [6, 6.07) is 22.3. The molecule has 0 spiro atoms. The first-order valence-electron chi connectivity index (χ1n) is 7.08. The van der Waals surface area contributed by atoms with Crippen LogP contribution in [0.15, 0.2) is 66.7 Å². The van der Waals surface area contributed by atoms with Crippen molar-refractivity contribution in [3.63, 3.8) is 0 Å². The van der Waals surface area contributed by atoms with Gasteiger partial charge in [-0.2, -0.15) is 0 Å². The summed E-state index contributed by atoms with van der Waals surface area (Å²) in [6.07, 6.45) is 0.738. The molecule has 1 aromatic heterocycles. The van der Waals surface area contributed by atoms with Crippen molar-refractivity contribution < 1.29 is 5.11 Å². The van der Waals surface area contributed by atoms with E-state index in [1.165, 1.54) is 5.56 Å². The lowest BCUT2D eigenvalue weighted by molar-refractivity contribution is 0.476. The van der Waals surface area contributed by atoms with Crippen LogP contribution in [0, 0.1) is 0 Å². The van der Waals surface area contributed by atoms with E-state index in [4.69, 9.17) is 0 Å². The molecule has 0 aliphatic rings. The van der Waals surface area contributed by atoms with Crippen LogP contribution in [0.2, 0.25) is 0 Å². The van der Waals surface area contributed by atoms with E-state index in [1.807, 2.05) is 54.6 Å². The molecule has 102 valence electrons. The van der Waals surface area contributed by atoms with Gasteiger partial charge in [0.2, 0.25) is 0 Å².